The van der Waals surface area contributed by atoms with E-state index in [9.17, 15) is 14.9 Å². The molecule has 0 saturated carbocycles. The van der Waals surface area contributed by atoms with Gasteiger partial charge in [0.1, 0.15) is 0 Å². The molecule has 0 radical (unpaired) electrons. The van der Waals surface area contributed by atoms with E-state index in [0.717, 1.165) is 31.6 Å². The molecule has 1 N–H and O–H groups in total. The Morgan fingerprint density at radius 3 is 2.45 bits per heavy atom. The van der Waals surface area contributed by atoms with E-state index < -0.39 is 4.92 Å². The van der Waals surface area contributed by atoms with Gasteiger partial charge in [0.25, 0.3) is 5.69 Å². The van der Waals surface area contributed by atoms with E-state index in [0.29, 0.717) is 6.54 Å². The molecule has 1 aliphatic heterocycles. The van der Waals surface area contributed by atoms with Crippen LogP contribution in [0.15, 0.2) is 24.3 Å². The number of amides is 1. The third-order valence-electron chi connectivity index (χ3n) is 3.64. The van der Waals surface area contributed by atoms with Crippen LogP contribution in [-0.2, 0) is 4.79 Å². The molecule has 0 aromatic heterocycles. The molecule has 6 nitrogen and oxygen atoms in total. The lowest BCUT2D eigenvalue weighted by atomic mass is 9.95. The molecule has 1 aromatic rings. The van der Waals surface area contributed by atoms with Crippen molar-refractivity contribution in [3.05, 3.63) is 34.4 Å². The zero-order valence-corrected chi connectivity index (χ0v) is 11.5. The SMILES string of the molecule is CCNC(=O)C1CCN(c2ccc([N+](=O)[O-])cc2)CC1. The molecule has 1 saturated heterocycles. The highest BCUT2D eigenvalue weighted by atomic mass is 16.6. The summed E-state index contributed by atoms with van der Waals surface area (Å²) in [4.78, 5) is 24.1. The Labute approximate surface area is 117 Å². The van der Waals surface area contributed by atoms with Gasteiger partial charge in [-0.1, -0.05) is 0 Å². The summed E-state index contributed by atoms with van der Waals surface area (Å²) >= 11 is 0. The van der Waals surface area contributed by atoms with Crippen LogP contribution in [-0.4, -0.2) is 30.5 Å². The molecule has 2 rings (SSSR count). The first-order chi connectivity index (χ1) is 9.61. The first-order valence-corrected chi connectivity index (χ1v) is 6.89. The van der Waals surface area contributed by atoms with Crippen LogP contribution in [0.4, 0.5) is 11.4 Å². The highest BCUT2D eigenvalue weighted by molar-refractivity contribution is 5.78. The molecule has 0 atom stereocenters. The lowest BCUT2D eigenvalue weighted by molar-refractivity contribution is -0.384. The van der Waals surface area contributed by atoms with Crippen molar-refractivity contribution in [1.29, 1.82) is 0 Å². The smallest absolute Gasteiger partial charge is 0.269 e. The molecule has 1 heterocycles. The molecular formula is C14H19N3O3. The molecule has 1 aliphatic rings. The molecule has 0 spiro atoms. The molecule has 108 valence electrons. The minimum Gasteiger partial charge on any atom is -0.371 e. The summed E-state index contributed by atoms with van der Waals surface area (Å²) in [6, 6.07) is 6.57. The predicted molar refractivity (Wildman–Crippen MR) is 76.7 cm³/mol. The number of hydrogen-bond acceptors (Lipinski definition) is 4. The number of piperidine rings is 1. The second-order valence-electron chi connectivity index (χ2n) is 4.93. The Morgan fingerprint density at radius 1 is 1.35 bits per heavy atom. The fraction of sp³-hybridized carbons (Fsp3) is 0.500. The van der Waals surface area contributed by atoms with Gasteiger partial charge in [0, 0.05) is 43.4 Å². The van der Waals surface area contributed by atoms with Gasteiger partial charge >= 0.3 is 0 Å². The van der Waals surface area contributed by atoms with Crippen molar-refractivity contribution in [1.82, 2.24) is 5.32 Å². The van der Waals surface area contributed by atoms with Crippen LogP contribution in [0, 0.1) is 16.0 Å². The normalized spacial score (nSPS) is 15.9. The van der Waals surface area contributed by atoms with Gasteiger partial charge in [-0.15, -0.1) is 0 Å². The summed E-state index contributed by atoms with van der Waals surface area (Å²) in [5.41, 5.74) is 1.08. The molecule has 1 amide bonds. The van der Waals surface area contributed by atoms with E-state index in [1.165, 1.54) is 12.1 Å². The maximum Gasteiger partial charge on any atom is 0.269 e. The first-order valence-electron chi connectivity index (χ1n) is 6.89. The molecule has 20 heavy (non-hydrogen) atoms. The van der Waals surface area contributed by atoms with E-state index in [1.54, 1.807) is 12.1 Å². The number of hydrogen-bond donors (Lipinski definition) is 1. The van der Waals surface area contributed by atoms with E-state index in [2.05, 4.69) is 10.2 Å². The Balaban J connectivity index is 1.93. The first kappa shape index (κ1) is 14.3. The molecular weight excluding hydrogens is 258 g/mol. The molecule has 0 aliphatic carbocycles. The monoisotopic (exact) mass is 277 g/mol. The number of rotatable bonds is 4. The number of nitrogens with zero attached hydrogens (tertiary/aromatic N) is 2. The second-order valence-corrected chi connectivity index (χ2v) is 4.93. The van der Waals surface area contributed by atoms with Gasteiger partial charge in [-0.2, -0.15) is 0 Å². The van der Waals surface area contributed by atoms with Crippen molar-refractivity contribution in [2.24, 2.45) is 5.92 Å². The van der Waals surface area contributed by atoms with Crippen molar-refractivity contribution in [2.45, 2.75) is 19.8 Å². The van der Waals surface area contributed by atoms with Crippen LogP contribution in [0.3, 0.4) is 0 Å². The van der Waals surface area contributed by atoms with Crippen LogP contribution in [0.1, 0.15) is 19.8 Å². The Hall–Kier alpha value is -2.11. The van der Waals surface area contributed by atoms with Gasteiger partial charge < -0.3 is 10.2 Å². The maximum atomic E-state index is 11.8. The minimum absolute atomic E-state index is 0.0873. The van der Waals surface area contributed by atoms with Crippen LogP contribution in [0.2, 0.25) is 0 Å². The van der Waals surface area contributed by atoms with Crippen molar-refractivity contribution in [3.63, 3.8) is 0 Å². The van der Waals surface area contributed by atoms with Crippen molar-refractivity contribution in [2.75, 3.05) is 24.5 Å². The maximum absolute atomic E-state index is 11.8. The third-order valence-corrected chi connectivity index (χ3v) is 3.64. The highest BCUT2D eigenvalue weighted by Gasteiger charge is 2.24. The van der Waals surface area contributed by atoms with E-state index >= 15 is 0 Å². The largest absolute Gasteiger partial charge is 0.371 e. The number of benzene rings is 1. The molecule has 6 heteroatoms. The summed E-state index contributed by atoms with van der Waals surface area (Å²) in [5.74, 6) is 0.222. The number of nitro groups is 1. The van der Waals surface area contributed by atoms with Gasteiger partial charge in [-0.25, -0.2) is 0 Å². The Bertz CT molecular complexity index is 479. The van der Waals surface area contributed by atoms with E-state index in [-0.39, 0.29) is 17.5 Å². The number of non-ortho nitro benzene ring substituents is 1. The zero-order valence-electron chi connectivity index (χ0n) is 11.5. The van der Waals surface area contributed by atoms with Gasteiger partial charge in [0.05, 0.1) is 4.92 Å². The standard InChI is InChI=1S/C14H19N3O3/c1-2-15-14(18)11-7-9-16(10-8-11)12-3-5-13(6-4-12)17(19)20/h3-6,11H,2,7-10H2,1H3,(H,15,18). The number of nitrogens with one attached hydrogen (secondary N) is 1. The Kier molecular flexibility index (Phi) is 4.55. The predicted octanol–water partition coefficient (Wildman–Crippen LogP) is 1.95. The Morgan fingerprint density at radius 2 is 1.95 bits per heavy atom. The molecule has 0 unspecified atom stereocenters. The lowest BCUT2D eigenvalue weighted by Gasteiger charge is -2.32. The average Bonchev–Trinajstić information content (AvgIpc) is 2.48. The van der Waals surface area contributed by atoms with Gasteiger partial charge in [-0.3, -0.25) is 14.9 Å². The van der Waals surface area contributed by atoms with Gasteiger partial charge in [0.15, 0.2) is 0 Å². The summed E-state index contributed by atoms with van der Waals surface area (Å²) < 4.78 is 0. The quantitative estimate of drug-likeness (QED) is 0.674. The number of anilines is 1. The van der Waals surface area contributed by atoms with E-state index in [4.69, 9.17) is 0 Å². The minimum atomic E-state index is -0.398. The van der Waals surface area contributed by atoms with Gasteiger partial charge in [0.2, 0.25) is 5.91 Å². The van der Waals surface area contributed by atoms with Crippen LogP contribution in [0.25, 0.3) is 0 Å². The summed E-state index contributed by atoms with van der Waals surface area (Å²) in [6.07, 6.45) is 1.64. The fourth-order valence-corrected chi connectivity index (χ4v) is 2.50. The number of carbonyl (C=O) groups is 1. The second kappa shape index (κ2) is 6.36. The lowest BCUT2D eigenvalue weighted by Crippen LogP contribution is -2.40. The summed E-state index contributed by atoms with van der Waals surface area (Å²) in [7, 11) is 0. The van der Waals surface area contributed by atoms with Crippen molar-refractivity contribution >= 4 is 17.3 Å². The summed E-state index contributed by atoms with van der Waals surface area (Å²) in [5, 5.41) is 13.5. The molecule has 1 aromatic carbocycles. The van der Waals surface area contributed by atoms with Gasteiger partial charge in [-0.05, 0) is 31.9 Å². The number of nitro benzene ring substituents is 1. The topological polar surface area (TPSA) is 75.5 Å². The van der Waals surface area contributed by atoms with Crippen LogP contribution < -0.4 is 10.2 Å². The van der Waals surface area contributed by atoms with E-state index in [1.807, 2.05) is 6.92 Å². The summed E-state index contributed by atoms with van der Waals surface area (Å²) in [6.45, 7) is 4.20. The van der Waals surface area contributed by atoms with Crippen molar-refractivity contribution in [3.8, 4) is 0 Å². The average molecular weight is 277 g/mol. The highest BCUT2D eigenvalue weighted by Crippen LogP contribution is 2.25. The zero-order chi connectivity index (χ0) is 14.5. The van der Waals surface area contributed by atoms with Crippen LogP contribution >= 0.6 is 0 Å². The molecule has 0 bridgehead atoms. The third kappa shape index (κ3) is 3.26. The fourth-order valence-electron chi connectivity index (χ4n) is 2.50. The van der Waals surface area contributed by atoms with Crippen LogP contribution in [0.5, 0.6) is 0 Å². The number of carbonyl (C=O) groups excluding carboxylic acids is 1. The van der Waals surface area contributed by atoms with Crippen molar-refractivity contribution < 1.29 is 9.72 Å². The molecule has 1 fully saturated rings.